The Morgan fingerprint density at radius 3 is 2.55 bits per heavy atom. The molecule has 116 valence electrons. The molecule has 0 aliphatic carbocycles. The monoisotopic (exact) mass is 284 g/mol. The molecule has 0 bridgehead atoms. The van der Waals surface area contributed by atoms with E-state index in [0.29, 0.717) is 13.2 Å². The summed E-state index contributed by atoms with van der Waals surface area (Å²) in [5.41, 5.74) is 5.87. The minimum atomic E-state index is -0.729. The lowest BCUT2D eigenvalue weighted by Crippen LogP contribution is -2.36. The molecule has 2 unspecified atom stereocenters. The van der Waals surface area contributed by atoms with Crippen molar-refractivity contribution in [1.82, 2.24) is 4.90 Å². The van der Waals surface area contributed by atoms with E-state index in [4.69, 9.17) is 15.2 Å². The van der Waals surface area contributed by atoms with Crippen LogP contribution in [-0.2, 0) is 9.47 Å². The third-order valence-corrected chi connectivity index (χ3v) is 3.25. The number of nitrogens with zero attached hydrogens (tertiary/aromatic N) is 1. The predicted molar refractivity (Wildman–Crippen MR) is 79.4 cm³/mol. The molecule has 0 amide bonds. The Balaban J connectivity index is 1.93. The normalized spacial score (nSPS) is 19.1. The molecule has 0 aromatic heterocycles. The molecule has 1 saturated heterocycles. The molecule has 0 saturated carbocycles. The molecular weight excluding hydrogens is 256 g/mol. The zero-order valence-electron chi connectivity index (χ0n) is 12.5. The number of nitrogens with two attached hydrogens (primary N) is 1. The van der Waals surface area contributed by atoms with Gasteiger partial charge in [0.1, 0.15) is 6.10 Å². The van der Waals surface area contributed by atoms with E-state index >= 15 is 0 Å². The number of hydrogen-bond donors (Lipinski definition) is 2. The first-order chi connectivity index (χ1) is 9.72. The second-order valence-electron chi connectivity index (χ2n) is 5.18. The van der Waals surface area contributed by atoms with Gasteiger partial charge in [-0.25, -0.2) is 0 Å². The number of piperidine rings is 1. The van der Waals surface area contributed by atoms with E-state index in [0.717, 1.165) is 13.2 Å². The molecular formula is C15H28N2O3. The summed E-state index contributed by atoms with van der Waals surface area (Å²) in [6.45, 7) is 6.84. The minimum Gasteiger partial charge on any atom is -0.378 e. The zero-order valence-corrected chi connectivity index (χ0v) is 12.5. The number of aliphatic hydroxyl groups is 1. The number of hydrogen-bond acceptors (Lipinski definition) is 5. The SMILES string of the molecule is CC#CC(O)COCC(N)COCCN1CCCCC1. The van der Waals surface area contributed by atoms with Crippen LogP contribution in [0.3, 0.4) is 0 Å². The summed E-state index contributed by atoms with van der Waals surface area (Å²) in [5, 5.41) is 9.34. The lowest BCUT2D eigenvalue weighted by molar-refractivity contribution is 0.0304. The van der Waals surface area contributed by atoms with Crippen LogP contribution in [0.15, 0.2) is 0 Å². The van der Waals surface area contributed by atoms with Crippen LogP contribution in [0.5, 0.6) is 0 Å². The molecule has 1 fully saturated rings. The smallest absolute Gasteiger partial charge is 0.137 e. The quantitative estimate of drug-likeness (QED) is 0.468. The van der Waals surface area contributed by atoms with E-state index < -0.39 is 6.10 Å². The molecule has 1 heterocycles. The van der Waals surface area contributed by atoms with Crippen molar-refractivity contribution in [2.24, 2.45) is 5.73 Å². The van der Waals surface area contributed by atoms with Gasteiger partial charge in [0.05, 0.1) is 32.5 Å². The van der Waals surface area contributed by atoms with Gasteiger partial charge in [-0.1, -0.05) is 12.3 Å². The molecule has 0 aromatic carbocycles. The Bertz CT molecular complexity index is 295. The van der Waals surface area contributed by atoms with Crippen LogP contribution < -0.4 is 5.73 Å². The van der Waals surface area contributed by atoms with Gasteiger partial charge in [0.25, 0.3) is 0 Å². The summed E-state index contributed by atoms with van der Waals surface area (Å²) in [4.78, 5) is 2.44. The fourth-order valence-corrected chi connectivity index (χ4v) is 2.20. The van der Waals surface area contributed by atoms with E-state index in [9.17, 15) is 5.11 Å². The Morgan fingerprint density at radius 2 is 1.85 bits per heavy atom. The first kappa shape index (κ1) is 17.4. The molecule has 0 radical (unpaired) electrons. The maximum absolute atomic E-state index is 9.34. The largest absolute Gasteiger partial charge is 0.378 e. The van der Waals surface area contributed by atoms with Crippen LogP contribution in [0.4, 0.5) is 0 Å². The minimum absolute atomic E-state index is 0.154. The third kappa shape index (κ3) is 8.51. The molecule has 5 heteroatoms. The van der Waals surface area contributed by atoms with Crippen LogP contribution >= 0.6 is 0 Å². The zero-order chi connectivity index (χ0) is 14.6. The van der Waals surface area contributed by atoms with Gasteiger partial charge >= 0.3 is 0 Å². The molecule has 1 aliphatic rings. The van der Waals surface area contributed by atoms with E-state index in [2.05, 4.69) is 16.7 Å². The summed E-state index contributed by atoms with van der Waals surface area (Å²) in [5.74, 6) is 5.25. The molecule has 3 N–H and O–H groups in total. The van der Waals surface area contributed by atoms with Crippen LogP contribution in [0.2, 0.25) is 0 Å². The maximum Gasteiger partial charge on any atom is 0.137 e. The van der Waals surface area contributed by atoms with Crippen LogP contribution in [0.25, 0.3) is 0 Å². The Labute approximate surface area is 122 Å². The number of likely N-dealkylation sites (tertiary alicyclic amines) is 1. The van der Waals surface area contributed by atoms with Crippen LogP contribution in [-0.4, -0.2) is 68.2 Å². The maximum atomic E-state index is 9.34. The average molecular weight is 284 g/mol. The summed E-state index contributed by atoms with van der Waals surface area (Å²) in [7, 11) is 0. The molecule has 20 heavy (non-hydrogen) atoms. The lowest BCUT2D eigenvalue weighted by atomic mass is 10.1. The number of rotatable bonds is 9. The van der Waals surface area contributed by atoms with E-state index in [1.807, 2.05) is 0 Å². The van der Waals surface area contributed by atoms with Crippen molar-refractivity contribution in [3.05, 3.63) is 0 Å². The molecule has 2 atom stereocenters. The summed E-state index contributed by atoms with van der Waals surface area (Å²) in [6.07, 6.45) is 3.23. The highest BCUT2D eigenvalue weighted by Crippen LogP contribution is 2.07. The number of aliphatic hydroxyl groups excluding tert-OH is 1. The highest BCUT2D eigenvalue weighted by atomic mass is 16.5. The van der Waals surface area contributed by atoms with Gasteiger partial charge in [-0.2, -0.15) is 0 Å². The van der Waals surface area contributed by atoms with Crippen molar-refractivity contribution in [2.75, 3.05) is 46.1 Å². The summed E-state index contributed by atoms with van der Waals surface area (Å²) in [6, 6.07) is -0.154. The highest BCUT2D eigenvalue weighted by molar-refractivity contribution is 5.01. The van der Waals surface area contributed by atoms with Gasteiger partial charge in [-0.15, -0.1) is 5.92 Å². The Hall–Kier alpha value is -0.640. The van der Waals surface area contributed by atoms with Crippen molar-refractivity contribution in [3.63, 3.8) is 0 Å². The lowest BCUT2D eigenvalue weighted by Gasteiger charge is -2.26. The summed E-state index contributed by atoms with van der Waals surface area (Å²) < 4.78 is 10.9. The highest BCUT2D eigenvalue weighted by Gasteiger charge is 2.10. The predicted octanol–water partition coefficient (Wildman–Crippen LogP) is 0.217. The van der Waals surface area contributed by atoms with E-state index in [-0.39, 0.29) is 12.6 Å². The van der Waals surface area contributed by atoms with Crippen molar-refractivity contribution in [1.29, 1.82) is 0 Å². The molecule has 0 aromatic rings. The fraction of sp³-hybridized carbons (Fsp3) is 0.867. The van der Waals surface area contributed by atoms with E-state index in [1.165, 1.54) is 32.4 Å². The van der Waals surface area contributed by atoms with Crippen LogP contribution in [0, 0.1) is 11.8 Å². The average Bonchev–Trinajstić information content (AvgIpc) is 2.45. The van der Waals surface area contributed by atoms with E-state index in [1.54, 1.807) is 6.92 Å². The molecule has 0 spiro atoms. The van der Waals surface area contributed by atoms with Gasteiger partial charge in [0.15, 0.2) is 0 Å². The van der Waals surface area contributed by atoms with Crippen LogP contribution in [0.1, 0.15) is 26.2 Å². The first-order valence-corrected chi connectivity index (χ1v) is 7.46. The Morgan fingerprint density at radius 1 is 1.15 bits per heavy atom. The van der Waals surface area contributed by atoms with Gasteiger partial charge in [0.2, 0.25) is 0 Å². The molecule has 1 aliphatic heterocycles. The van der Waals surface area contributed by atoms with Crippen molar-refractivity contribution < 1.29 is 14.6 Å². The van der Waals surface area contributed by atoms with Crippen molar-refractivity contribution in [2.45, 2.75) is 38.3 Å². The van der Waals surface area contributed by atoms with Gasteiger partial charge in [-0.3, -0.25) is 0 Å². The van der Waals surface area contributed by atoms with Gasteiger partial charge < -0.3 is 25.2 Å². The standard InChI is InChI=1S/C15H28N2O3/c1-2-6-15(18)13-20-12-14(16)11-19-10-9-17-7-4-3-5-8-17/h14-15,18H,3-5,7-13,16H2,1H3. The third-order valence-electron chi connectivity index (χ3n) is 3.25. The second kappa shape index (κ2) is 11.1. The first-order valence-electron chi connectivity index (χ1n) is 7.46. The van der Waals surface area contributed by atoms with Gasteiger partial charge in [0, 0.05) is 6.54 Å². The topological polar surface area (TPSA) is 68.0 Å². The Kier molecular flexibility index (Phi) is 9.63. The van der Waals surface area contributed by atoms with Gasteiger partial charge in [-0.05, 0) is 32.9 Å². The molecule has 5 nitrogen and oxygen atoms in total. The van der Waals surface area contributed by atoms with Crippen molar-refractivity contribution in [3.8, 4) is 11.8 Å². The van der Waals surface area contributed by atoms with Crippen molar-refractivity contribution >= 4 is 0 Å². The number of ether oxygens (including phenoxy) is 2. The fourth-order valence-electron chi connectivity index (χ4n) is 2.20. The molecule has 1 rings (SSSR count). The summed E-state index contributed by atoms with van der Waals surface area (Å²) >= 11 is 0. The second-order valence-corrected chi connectivity index (χ2v) is 5.18.